The number of primary amides is 1. The largest absolute Gasteiger partial charge is 0.350 e. The molecule has 0 heterocycles. The average molecular weight is 285 g/mol. The zero-order chi connectivity index (χ0) is 14.4. The molecule has 0 aliphatic carbocycles. The lowest BCUT2D eigenvalue weighted by Gasteiger charge is -2.03. The van der Waals surface area contributed by atoms with Gasteiger partial charge in [0.05, 0.1) is 6.21 Å². The molecule has 0 saturated heterocycles. The fourth-order valence-corrected chi connectivity index (χ4v) is 2.12. The van der Waals surface area contributed by atoms with Crippen molar-refractivity contribution in [3.8, 4) is 11.1 Å². The molecule has 0 bridgehead atoms. The molecule has 0 aliphatic heterocycles. The van der Waals surface area contributed by atoms with Crippen molar-refractivity contribution in [3.63, 3.8) is 0 Å². The lowest BCUT2D eigenvalue weighted by atomic mass is 10.0. The van der Waals surface area contributed by atoms with E-state index in [1.165, 1.54) is 10.5 Å². The zero-order valence-electron chi connectivity index (χ0n) is 11.0. The normalized spacial score (nSPS) is 10.7. The van der Waals surface area contributed by atoms with Gasteiger partial charge in [0, 0.05) is 4.90 Å². The number of hydrogen-bond acceptors (Lipinski definition) is 3. The van der Waals surface area contributed by atoms with Crippen LogP contribution in [0.3, 0.4) is 0 Å². The minimum atomic E-state index is -0.674. The molecular formula is C15H15N3OS. The van der Waals surface area contributed by atoms with Gasteiger partial charge in [-0.15, -0.1) is 11.8 Å². The van der Waals surface area contributed by atoms with E-state index in [1.807, 2.05) is 24.3 Å². The minimum absolute atomic E-state index is 0.674. The quantitative estimate of drug-likeness (QED) is 0.515. The van der Waals surface area contributed by atoms with Crippen molar-refractivity contribution >= 4 is 24.0 Å². The first kappa shape index (κ1) is 14.1. The zero-order valence-corrected chi connectivity index (χ0v) is 11.9. The van der Waals surface area contributed by atoms with Gasteiger partial charge in [-0.2, -0.15) is 5.10 Å². The van der Waals surface area contributed by atoms with Crippen LogP contribution in [0.5, 0.6) is 0 Å². The SMILES string of the molecule is CSc1ccc(-c2ccc(C=NNC(N)=O)cc2)cc1. The van der Waals surface area contributed by atoms with Crippen LogP contribution in [0.2, 0.25) is 0 Å². The number of carbonyl (C=O) groups is 1. The molecule has 0 fully saturated rings. The van der Waals surface area contributed by atoms with Crippen LogP contribution in [0.4, 0.5) is 4.79 Å². The van der Waals surface area contributed by atoms with Crippen molar-refractivity contribution < 1.29 is 4.79 Å². The summed E-state index contributed by atoms with van der Waals surface area (Å²) in [6, 6.07) is 15.6. The van der Waals surface area contributed by atoms with Crippen LogP contribution in [0.15, 0.2) is 58.5 Å². The molecule has 0 saturated carbocycles. The Kier molecular flexibility index (Phi) is 4.79. The number of nitrogens with two attached hydrogens (primary N) is 1. The van der Waals surface area contributed by atoms with Gasteiger partial charge in [-0.05, 0) is 35.1 Å². The standard InChI is InChI=1S/C15H15N3OS/c1-20-14-8-6-13(7-9-14)12-4-2-11(3-5-12)10-17-18-15(16)19/h2-10H,1H3,(H3,16,18,19). The highest BCUT2D eigenvalue weighted by Gasteiger charge is 1.98. The first-order valence-corrected chi connectivity index (χ1v) is 7.24. The fraction of sp³-hybridized carbons (Fsp3) is 0.0667. The second-order valence-corrected chi connectivity index (χ2v) is 4.96. The van der Waals surface area contributed by atoms with Crippen LogP contribution in [-0.2, 0) is 0 Å². The van der Waals surface area contributed by atoms with Crippen molar-refractivity contribution in [2.75, 3.05) is 6.26 Å². The molecule has 2 aromatic carbocycles. The third-order valence-corrected chi connectivity index (χ3v) is 3.47. The lowest BCUT2D eigenvalue weighted by molar-refractivity contribution is 0.249. The van der Waals surface area contributed by atoms with Crippen LogP contribution in [0.25, 0.3) is 11.1 Å². The number of benzene rings is 2. The molecule has 0 radical (unpaired) electrons. The summed E-state index contributed by atoms with van der Waals surface area (Å²) in [7, 11) is 0. The van der Waals surface area contributed by atoms with Gasteiger partial charge in [-0.25, -0.2) is 10.2 Å². The van der Waals surface area contributed by atoms with Crippen molar-refractivity contribution in [1.82, 2.24) is 5.43 Å². The van der Waals surface area contributed by atoms with Gasteiger partial charge in [0.15, 0.2) is 0 Å². The van der Waals surface area contributed by atoms with E-state index in [9.17, 15) is 4.79 Å². The second-order valence-electron chi connectivity index (χ2n) is 4.08. The van der Waals surface area contributed by atoms with Crippen molar-refractivity contribution in [3.05, 3.63) is 54.1 Å². The van der Waals surface area contributed by atoms with Gasteiger partial charge in [0.25, 0.3) is 0 Å². The lowest BCUT2D eigenvalue weighted by Crippen LogP contribution is -2.24. The number of rotatable bonds is 4. The predicted octanol–water partition coefficient (Wildman–Crippen LogP) is 3.08. The number of urea groups is 1. The summed E-state index contributed by atoms with van der Waals surface area (Å²) in [5.41, 5.74) is 10.3. The van der Waals surface area contributed by atoms with E-state index in [0.29, 0.717) is 0 Å². The molecule has 0 aromatic heterocycles. The Morgan fingerprint density at radius 3 is 2.15 bits per heavy atom. The highest BCUT2D eigenvalue weighted by Crippen LogP contribution is 2.23. The fourth-order valence-electron chi connectivity index (χ4n) is 1.72. The number of thioether (sulfide) groups is 1. The Morgan fingerprint density at radius 2 is 1.65 bits per heavy atom. The number of hydrogen-bond donors (Lipinski definition) is 2. The van der Waals surface area contributed by atoms with Crippen LogP contribution in [0, 0.1) is 0 Å². The molecule has 3 N–H and O–H groups in total. The van der Waals surface area contributed by atoms with Gasteiger partial charge in [-0.3, -0.25) is 0 Å². The van der Waals surface area contributed by atoms with Crippen LogP contribution >= 0.6 is 11.8 Å². The first-order chi connectivity index (χ1) is 9.69. The van der Waals surface area contributed by atoms with Gasteiger partial charge in [0.1, 0.15) is 0 Å². The van der Waals surface area contributed by atoms with Gasteiger partial charge < -0.3 is 5.73 Å². The Labute approximate surface area is 122 Å². The smallest absolute Gasteiger partial charge is 0.332 e. The summed E-state index contributed by atoms with van der Waals surface area (Å²) in [5.74, 6) is 0. The summed E-state index contributed by atoms with van der Waals surface area (Å²) >= 11 is 1.72. The van der Waals surface area contributed by atoms with E-state index in [-0.39, 0.29) is 0 Å². The highest BCUT2D eigenvalue weighted by atomic mass is 32.2. The van der Waals surface area contributed by atoms with Gasteiger partial charge >= 0.3 is 6.03 Å². The Morgan fingerprint density at radius 1 is 1.10 bits per heavy atom. The number of carbonyl (C=O) groups excluding carboxylic acids is 1. The van der Waals surface area contributed by atoms with E-state index in [2.05, 4.69) is 41.0 Å². The molecule has 0 aliphatic rings. The van der Waals surface area contributed by atoms with E-state index in [4.69, 9.17) is 5.73 Å². The predicted molar refractivity (Wildman–Crippen MR) is 84.0 cm³/mol. The molecule has 2 rings (SSSR count). The number of nitrogens with one attached hydrogen (secondary N) is 1. The molecule has 0 unspecified atom stereocenters. The molecule has 4 nitrogen and oxygen atoms in total. The van der Waals surface area contributed by atoms with E-state index in [1.54, 1.807) is 18.0 Å². The van der Waals surface area contributed by atoms with Crippen LogP contribution in [-0.4, -0.2) is 18.5 Å². The maximum atomic E-state index is 10.5. The summed E-state index contributed by atoms with van der Waals surface area (Å²) in [4.78, 5) is 11.7. The average Bonchev–Trinajstić information content (AvgIpc) is 2.48. The first-order valence-electron chi connectivity index (χ1n) is 6.02. The summed E-state index contributed by atoms with van der Waals surface area (Å²) in [5, 5.41) is 3.71. The molecule has 2 aromatic rings. The van der Waals surface area contributed by atoms with Crippen molar-refractivity contribution in [2.45, 2.75) is 4.90 Å². The van der Waals surface area contributed by atoms with E-state index < -0.39 is 6.03 Å². The molecule has 20 heavy (non-hydrogen) atoms. The molecular weight excluding hydrogens is 270 g/mol. The van der Waals surface area contributed by atoms with E-state index in [0.717, 1.165) is 11.1 Å². The molecule has 5 heteroatoms. The highest BCUT2D eigenvalue weighted by molar-refractivity contribution is 7.98. The molecule has 2 amide bonds. The summed E-state index contributed by atoms with van der Waals surface area (Å²) < 4.78 is 0. The van der Waals surface area contributed by atoms with E-state index >= 15 is 0 Å². The Bertz CT molecular complexity index is 606. The van der Waals surface area contributed by atoms with Gasteiger partial charge in [0.2, 0.25) is 0 Å². The third-order valence-electron chi connectivity index (χ3n) is 2.72. The second kappa shape index (κ2) is 6.77. The third kappa shape index (κ3) is 3.86. The Hall–Kier alpha value is -2.27. The topological polar surface area (TPSA) is 67.5 Å². The Balaban J connectivity index is 2.10. The minimum Gasteiger partial charge on any atom is -0.350 e. The molecule has 0 atom stereocenters. The number of nitrogens with zero attached hydrogens (tertiary/aromatic N) is 1. The summed E-state index contributed by atoms with van der Waals surface area (Å²) in [6.45, 7) is 0. The number of amides is 2. The van der Waals surface area contributed by atoms with Crippen LogP contribution in [0.1, 0.15) is 5.56 Å². The molecule has 102 valence electrons. The van der Waals surface area contributed by atoms with Crippen LogP contribution < -0.4 is 11.2 Å². The number of hydrazone groups is 1. The van der Waals surface area contributed by atoms with Crippen molar-refractivity contribution in [2.24, 2.45) is 10.8 Å². The maximum absolute atomic E-state index is 10.5. The summed E-state index contributed by atoms with van der Waals surface area (Å²) in [6.07, 6.45) is 3.61. The van der Waals surface area contributed by atoms with Gasteiger partial charge in [-0.1, -0.05) is 36.4 Å². The maximum Gasteiger partial charge on any atom is 0.332 e. The monoisotopic (exact) mass is 285 g/mol. The molecule has 0 spiro atoms. The van der Waals surface area contributed by atoms with Crippen molar-refractivity contribution in [1.29, 1.82) is 0 Å².